The highest BCUT2D eigenvalue weighted by atomic mass is 28.4. The first-order chi connectivity index (χ1) is 21.0. The van der Waals surface area contributed by atoms with Crippen LogP contribution in [-0.4, -0.2) is 67.1 Å². The zero-order valence-corrected chi connectivity index (χ0v) is 28.2. The maximum atomic E-state index is 12.1. The van der Waals surface area contributed by atoms with Gasteiger partial charge in [0.25, 0.3) is 0 Å². The average molecular weight is 624 g/mol. The molecule has 1 aromatic carbocycles. The van der Waals surface area contributed by atoms with Gasteiger partial charge in [-0.25, -0.2) is 9.59 Å². The van der Waals surface area contributed by atoms with Crippen LogP contribution in [0.25, 0.3) is 6.08 Å². The van der Waals surface area contributed by atoms with Gasteiger partial charge in [-0.05, 0) is 83.1 Å². The molecule has 0 aliphatic rings. The Labute approximate surface area is 261 Å². The molecule has 9 nitrogen and oxygen atoms in total. The Balaban J connectivity index is 2.10. The second-order valence-electron chi connectivity index (χ2n) is 10.3. The molecule has 1 rings (SSSR count). The standard InChI is InChI=1S/C33H57NO8Si/c1-5-9-10-11-12-15-25-37-31-21-18-20-30(29-31)22-23-32(35)38-26-16-13-14-17-27-39-33(36)34-24-19-28-43(40-6-2,41-7-3)42-8-4/h18,20-23,29H,5-17,19,24-28H2,1-4H3,(H,34,36)/b23-22+. The molecule has 0 heterocycles. The molecule has 10 heteroatoms. The summed E-state index contributed by atoms with van der Waals surface area (Å²) in [6, 6.07) is 8.38. The van der Waals surface area contributed by atoms with E-state index in [1.54, 1.807) is 6.08 Å². The van der Waals surface area contributed by atoms with Crippen LogP contribution in [0.15, 0.2) is 30.3 Å². The fraction of sp³-hybridized carbons (Fsp3) is 0.697. The lowest BCUT2D eigenvalue weighted by atomic mass is 10.1. The van der Waals surface area contributed by atoms with Crippen molar-refractivity contribution < 1.29 is 37.1 Å². The van der Waals surface area contributed by atoms with E-state index in [9.17, 15) is 9.59 Å². The third-order valence-electron chi connectivity index (χ3n) is 6.57. The molecule has 0 spiro atoms. The summed E-state index contributed by atoms with van der Waals surface area (Å²) in [5.41, 5.74) is 0.901. The second-order valence-corrected chi connectivity index (χ2v) is 13.0. The van der Waals surface area contributed by atoms with Gasteiger partial charge in [-0.2, -0.15) is 0 Å². The van der Waals surface area contributed by atoms with Crippen molar-refractivity contribution in [1.29, 1.82) is 0 Å². The van der Waals surface area contributed by atoms with E-state index in [0.29, 0.717) is 58.7 Å². The average Bonchev–Trinajstić information content (AvgIpc) is 3.00. The van der Waals surface area contributed by atoms with E-state index in [2.05, 4.69) is 12.2 Å². The number of hydrogen-bond donors (Lipinski definition) is 1. The molecular weight excluding hydrogens is 566 g/mol. The van der Waals surface area contributed by atoms with Crippen LogP contribution in [0, 0.1) is 0 Å². The summed E-state index contributed by atoms with van der Waals surface area (Å²) in [4.78, 5) is 24.0. The third-order valence-corrected chi connectivity index (χ3v) is 9.73. The summed E-state index contributed by atoms with van der Waals surface area (Å²) in [6.45, 7) is 11.5. The molecule has 0 saturated carbocycles. The molecular formula is C33H57NO8Si. The van der Waals surface area contributed by atoms with Gasteiger partial charge in [0.15, 0.2) is 0 Å². The number of benzene rings is 1. The maximum absolute atomic E-state index is 12.1. The number of esters is 1. The van der Waals surface area contributed by atoms with E-state index in [1.807, 2.05) is 45.0 Å². The van der Waals surface area contributed by atoms with Crippen LogP contribution in [0.2, 0.25) is 6.04 Å². The number of unbranched alkanes of at least 4 members (excludes halogenated alkanes) is 8. The van der Waals surface area contributed by atoms with Crippen LogP contribution >= 0.6 is 0 Å². The van der Waals surface area contributed by atoms with Gasteiger partial charge in [-0.1, -0.05) is 51.2 Å². The van der Waals surface area contributed by atoms with Crippen molar-refractivity contribution in [1.82, 2.24) is 5.32 Å². The summed E-state index contributed by atoms with van der Waals surface area (Å²) in [7, 11) is -2.69. The van der Waals surface area contributed by atoms with Crippen molar-refractivity contribution in [2.24, 2.45) is 0 Å². The Morgan fingerprint density at radius 2 is 1.35 bits per heavy atom. The molecule has 246 valence electrons. The van der Waals surface area contributed by atoms with Gasteiger partial charge in [0.2, 0.25) is 0 Å². The number of ether oxygens (including phenoxy) is 3. The first-order valence-electron chi connectivity index (χ1n) is 16.4. The van der Waals surface area contributed by atoms with Gasteiger partial charge in [-0.15, -0.1) is 0 Å². The van der Waals surface area contributed by atoms with Crippen LogP contribution in [-0.2, 0) is 27.5 Å². The zero-order chi connectivity index (χ0) is 31.4. The van der Waals surface area contributed by atoms with E-state index in [1.165, 1.54) is 38.2 Å². The Morgan fingerprint density at radius 3 is 2.00 bits per heavy atom. The molecule has 0 bridgehead atoms. The molecule has 0 fully saturated rings. The molecule has 0 unspecified atom stereocenters. The first-order valence-corrected chi connectivity index (χ1v) is 18.3. The van der Waals surface area contributed by atoms with Crippen LogP contribution in [0.4, 0.5) is 4.79 Å². The Hall–Kier alpha value is -2.40. The summed E-state index contributed by atoms with van der Waals surface area (Å²) in [5, 5.41) is 2.77. The van der Waals surface area contributed by atoms with Crippen molar-refractivity contribution in [3.8, 4) is 5.75 Å². The lowest BCUT2D eigenvalue weighted by molar-refractivity contribution is -0.137. The van der Waals surface area contributed by atoms with Crippen molar-refractivity contribution in [2.45, 2.75) is 104 Å². The number of hydrogen-bond acceptors (Lipinski definition) is 8. The highest BCUT2D eigenvalue weighted by Gasteiger charge is 2.39. The van der Waals surface area contributed by atoms with Gasteiger partial charge in [0.1, 0.15) is 5.75 Å². The third kappa shape index (κ3) is 20.2. The number of nitrogens with one attached hydrogen (secondary N) is 1. The normalized spacial score (nSPS) is 11.5. The number of carbonyl (C=O) groups excluding carboxylic acids is 2. The van der Waals surface area contributed by atoms with Crippen molar-refractivity contribution in [2.75, 3.05) is 46.2 Å². The number of alkyl carbamates (subject to hydrolysis) is 1. The predicted molar refractivity (Wildman–Crippen MR) is 173 cm³/mol. The van der Waals surface area contributed by atoms with Crippen molar-refractivity contribution >= 4 is 26.9 Å². The molecule has 0 atom stereocenters. The second kappa shape index (κ2) is 26.0. The van der Waals surface area contributed by atoms with Crippen LogP contribution < -0.4 is 10.1 Å². The lowest BCUT2D eigenvalue weighted by Gasteiger charge is -2.28. The molecule has 0 aliphatic heterocycles. The smallest absolute Gasteiger partial charge is 0.494 e. The highest BCUT2D eigenvalue weighted by molar-refractivity contribution is 6.60. The summed E-state index contributed by atoms with van der Waals surface area (Å²) >= 11 is 0. The van der Waals surface area contributed by atoms with Crippen LogP contribution in [0.3, 0.4) is 0 Å². The number of amides is 1. The molecule has 1 amide bonds. The van der Waals surface area contributed by atoms with E-state index >= 15 is 0 Å². The number of carbonyl (C=O) groups is 2. The minimum Gasteiger partial charge on any atom is -0.494 e. The largest absolute Gasteiger partial charge is 0.500 e. The Morgan fingerprint density at radius 1 is 0.744 bits per heavy atom. The minimum atomic E-state index is -2.69. The highest BCUT2D eigenvalue weighted by Crippen LogP contribution is 2.18. The van der Waals surface area contributed by atoms with Gasteiger partial charge in [0, 0.05) is 38.5 Å². The molecule has 0 saturated heterocycles. The zero-order valence-electron chi connectivity index (χ0n) is 27.2. The summed E-state index contributed by atoms with van der Waals surface area (Å²) in [6.07, 6.45) is 14.1. The quantitative estimate of drug-likeness (QED) is 0.0460. The molecule has 1 aromatic rings. The Kier molecular flexibility index (Phi) is 23.4. The molecule has 0 aliphatic carbocycles. The maximum Gasteiger partial charge on any atom is 0.500 e. The predicted octanol–water partition coefficient (Wildman–Crippen LogP) is 7.71. The molecule has 0 radical (unpaired) electrons. The molecule has 43 heavy (non-hydrogen) atoms. The van der Waals surface area contributed by atoms with E-state index in [4.69, 9.17) is 27.5 Å². The Bertz CT molecular complexity index is 865. The van der Waals surface area contributed by atoms with E-state index in [0.717, 1.165) is 43.4 Å². The first kappa shape index (κ1) is 38.6. The molecule has 0 aromatic heterocycles. The topological polar surface area (TPSA) is 102 Å². The van der Waals surface area contributed by atoms with E-state index < -0.39 is 14.9 Å². The van der Waals surface area contributed by atoms with Crippen LogP contribution in [0.5, 0.6) is 5.75 Å². The minimum absolute atomic E-state index is 0.353. The van der Waals surface area contributed by atoms with Gasteiger partial charge in [0.05, 0.1) is 19.8 Å². The van der Waals surface area contributed by atoms with Crippen molar-refractivity contribution in [3.05, 3.63) is 35.9 Å². The van der Waals surface area contributed by atoms with Crippen molar-refractivity contribution in [3.63, 3.8) is 0 Å². The van der Waals surface area contributed by atoms with Gasteiger partial charge in [-0.3, -0.25) is 0 Å². The summed E-state index contributed by atoms with van der Waals surface area (Å²) in [5.74, 6) is 0.456. The lowest BCUT2D eigenvalue weighted by Crippen LogP contribution is -2.46. The molecule has 1 N–H and O–H groups in total. The van der Waals surface area contributed by atoms with Crippen LogP contribution in [0.1, 0.15) is 104 Å². The fourth-order valence-corrected chi connectivity index (χ4v) is 7.05. The number of rotatable bonds is 27. The monoisotopic (exact) mass is 623 g/mol. The summed E-state index contributed by atoms with van der Waals surface area (Å²) < 4.78 is 33.9. The fourth-order valence-electron chi connectivity index (χ4n) is 4.44. The van der Waals surface area contributed by atoms with Gasteiger partial charge >= 0.3 is 20.9 Å². The van der Waals surface area contributed by atoms with E-state index in [-0.39, 0.29) is 5.97 Å². The van der Waals surface area contributed by atoms with Gasteiger partial charge < -0.3 is 32.8 Å². The SMILES string of the molecule is CCCCCCCCOc1cccc(/C=C/C(=O)OCCCCCCOC(=O)NCCC[Si](OCC)(OCC)OCC)c1.